The van der Waals surface area contributed by atoms with E-state index in [0.717, 1.165) is 36.0 Å². The maximum Gasteiger partial charge on any atom is 0.230 e. The van der Waals surface area contributed by atoms with Crippen LogP contribution in [-0.2, 0) is 18.3 Å². The lowest BCUT2D eigenvalue weighted by molar-refractivity contribution is -0.140. The Bertz CT molecular complexity index is 819. The lowest BCUT2D eigenvalue weighted by atomic mass is 9.94. The van der Waals surface area contributed by atoms with Gasteiger partial charge >= 0.3 is 0 Å². The Morgan fingerprint density at radius 2 is 2.33 bits per heavy atom. The molecule has 27 heavy (non-hydrogen) atoms. The predicted molar refractivity (Wildman–Crippen MR) is 101 cm³/mol. The summed E-state index contributed by atoms with van der Waals surface area (Å²) in [5.41, 5.74) is 1.04. The van der Waals surface area contributed by atoms with Gasteiger partial charge in [0.05, 0.1) is 12.5 Å². The molecule has 2 aliphatic rings. The van der Waals surface area contributed by atoms with Crippen LogP contribution in [0.15, 0.2) is 30.6 Å². The van der Waals surface area contributed by atoms with Crippen molar-refractivity contribution in [2.45, 2.75) is 19.4 Å². The monoisotopic (exact) mass is 370 g/mol. The van der Waals surface area contributed by atoms with Gasteiger partial charge in [-0.25, -0.2) is 4.98 Å². The molecule has 0 bridgehead atoms. The van der Waals surface area contributed by atoms with Crippen LogP contribution in [0.2, 0.25) is 0 Å². The zero-order valence-electron chi connectivity index (χ0n) is 15.9. The SMILES string of the molecule is CCOc1ccc2c(c1)CC(C(=O)N1CCNCC1c1nccn1C)CO2. The molecule has 1 saturated heterocycles. The van der Waals surface area contributed by atoms with E-state index in [1.807, 2.05) is 47.8 Å². The van der Waals surface area contributed by atoms with Crippen molar-refractivity contribution in [3.63, 3.8) is 0 Å². The van der Waals surface area contributed by atoms with E-state index < -0.39 is 0 Å². The van der Waals surface area contributed by atoms with E-state index >= 15 is 0 Å². The fourth-order valence-electron chi connectivity index (χ4n) is 3.92. The second kappa shape index (κ2) is 7.60. The van der Waals surface area contributed by atoms with Gasteiger partial charge in [-0.2, -0.15) is 0 Å². The van der Waals surface area contributed by atoms with Gasteiger partial charge in [-0.15, -0.1) is 0 Å². The van der Waals surface area contributed by atoms with Gasteiger partial charge in [-0.1, -0.05) is 0 Å². The molecule has 0 saturated carbocycles. The summed E-state index contributed by atoms with van der Waals surface area (Å²) in [4.78, 5) is 19.8. The third kappa shape index (κ3) is 3.51. The number of imidazole rings is 1. The van der Waals surface area contributed by atoms with Crippen LogP contribution in [0.4, 0.5) is 0 Å². The van der Waals surface area contributed by atoms with Crippen LogP contribution < -0.4 is 14.8 Å². The summed E-state index contributed by atoms with van der Waals surface area (Å²) in [5, 5.41) is 3.38. The third-order valence-electron chi connectivity index (χ3n) is 5.28. The van der Waals surface area contributed by atoms with Crippen LogP contribution in [-0.4, -0.2) is 53.2 Å². The maximum atomic E-state index is 13.3. The number of hydrogen-bond acceptors (Lipinski definition) is 5. The molecule has 7 nitrogen and oxygen atoms in total. The van der Waals surface area contributed by atoms with Crippen LogP contribution in [0.1, 0.15) is 24.4 Å². The first-order valence-corrected chi connectivity index (χ1v) is 9.54. The molecule has 1 fully saturated rings. The first kappa shape index (κ1) is 17.9. The molecular formula is C20H26N4O3. The maximum absolute atomic E-state index is 13.3. The second-order valence-electron chi connectivity index (χ2n) is 7.06. The topological polar surface area (TPSA) is 68.6 Å². The Hall–Kier alpha value is -2.54. The first-order valence-electron chi connectivity index (χ1n) is 9.54. The number of nitrogens with zero attached hydrogens (tertiary/aromatic N) is 3. The van der Waals surface area contributed by atoms with Crippen molar-refractivity contribution < 1.29 is 14.3 Å². The number of carbonyl (C=O) groups excluding carboxylic acids is 1. The summed E-state index contributed by atoms with van der Waals surface area (Å²) in [7, 11) is 1.97. The molecule has 3 heterocycles. The number of aromatic nitrogens is 2. The van der Waals surface area contributed by atoms with Gasteiger partial charge in [-0.3, -0.25) is 4.79 Å². The second-order valence-corrected chi connectivity index (χ2v) is 7.06. The molecule has 7 heteroatoms. The molecule has 1 aromatic carbocycles. The van der Waals surface area contributed by atoms with E-state index in [0.29, 0.717) is 26.2 Å². The van der Waals surface area contributed by atoms with Crippen LogP contribution in [0.3, 0.4) is 0 Å². The summed E-state index contributed by atoms with van der Waals surface area (Å²) in [5.74, 6) is 2.53. The smallest absolute Gasteiger partial charge is 0.230 e. The third-order valence-corrected chi connectivity index (χ3v) is 5.28. The lowest BCUT2D eigenvalue weighted by Gasteiger charge is -2.38. The Morgan fingerprint density at radius 1 is 1.44 bits per heavy atom. The van der Waals surface area contributed by atoms with Crippen molar-refractivity contribution in [2.75, 3.05) is 32.8 Å². The fraction of sp³-hybridized carbons (Fsp3) is 0.500. The number of aryl methyl sites for hydroxylation is 1. The summed E-state index contributed by atoms with van der Waals surface area (Å²) < 4.78 is 13.5. The average Bonchev–Trinajstić information content (AvgIpc) is 3.13. The minimum absolute atomic E-state index is 0.0533. The normalized spacial score (nSPS) is 22.1. The summed E-state index contributed by atoms with van der Waals surface area (Å²) in [6.45, 7) is 5.19. The van der Waals surface area contributed by atoms with E-state index in [4.69, 9.17) is 9.47 Å². The molecule has 144 valence electrons. The van der Waals surface area contributed by atoms with Gasteiger partial charge in [0.25, 0.3) is 0 Å². The lowest BCUT2D eigenvalue weighted by Crippen LogP contribution is -2.52. The molecule has 2 atom stereocenters. The van der Waals surface area contributed by atoms with Gasteiger partial charge in [0, 0.05) is 39.1 Å². The Morgan fingerprint density at radius 3 is 3.11 bits per heavy atom. The molecule has 0 aliphatic carbocycles. The van der Waals surface area contributed by atoms with Crippen molar-refractivity contribution in [1.29, 1.82) is 0 Å². The Balaban J connectivity index is 1.53. The van der Waals surface area contributed by atoms with Crippen molar-refractivity contribution in [2.24, 2.45) is 13.0 Å². The van der Waals surface area contributed by atoms with E-state index in [1.165, 1.54) is 0 Å². The van der Waals surface area contributed by atoms with E-state index in [9.17, 15) is 4.79 Å². The molecule has 1 aromatic heterocycles. The standard InChI is InChI=1S/C20H26N4O3/c1-3-26-16-4-5-18-14(11-16)10-15(13-27-18)20(25)24-9-6-21-12-17(24)19-22-7-8-23(19)2/h4-5,7-8,11,15,17,21H,3,6,9-10,12-13H2,1-2H3. The number of rotatable bonds is 4. The molecule has 1 N–H and O–H groups in total. The Kier molecular flexibility index (Phi) is 5.03. The van der Waals surface area contributed by atoms with Gasteiger partial charge in [0.2, 0.25) is 5.91 Å². The zero-order valence-corrected chi connectivity index (χ0v) is 15.9. The minimum atomic E-state index is -0.185. The summed E-state index contributed by atoms with van der Waals surface area (Å²) >= 11 is 0. The van der Waals surface area contributed by atoms with Gasteiger partial charge in [-0.05, 0) is 37.1 Å². The number of ether oxygens (including phenoxy) is 2. The minimum Gasteiger partial charge on any atom is -0.494 e. The molecule has 1 amide bonds. The molecular weight excluding hydrogens is 344 g/mol. The Labute approximate surface area is 159 Å². The number of amides is 1. The quantitative estimate of drug-likeness (QED) is 0.884. The largest absolute Gasteiger partial charge is 0.494 e. The molecule has 2 aromatic rings. The van der Waals surface area contributed by atoms with Crippen molar-refractivity contribution in [1.82, 2.24) is 19.8 Å². The van der Waals surface area contributed by atoms with Crippen molar-refractivity contribution in [3.05, 3.63) is 42.0 Å². The molecule has 2 aliphatic heterocycles. The highest BCUT2D eigenvalue weighted by Crippen LogP contribution is 2.33. The van der Waals surface area contributed by atoms with E-state index in [1.54, 1.807) is 6.20 Å². The number of piperazine rings is 1. The molecule has 2 unspecified atom stereocenters. The summed E-state index contributed by atoms with van der Waals surface area (Å²) in [6, 6.07) is 5.79. The van der Waals surface area contributed by atoms with Gasteiger partial charge < -0.3 is 24.3 Å². The van der Waals surface area contributed by atoms with E-state index in [-0.39, 0.29) is 17.9 Å². The molecule has 0 spiro atoms. The highest BCUT2D eigenvalue weighted by Gasteiger charge is 2.36. The predicted octanol–water partition coefficient (Wildman–Crippen LogP) is 1.54. The fourth-order valence-corrected chi connectivity index (χ4v) is 3.92. The van der Waals surface area contributed by atoms with Crippen LogP contribution >= 0.6 is 0 Å². The number of nitrogens with one attached hydrogen (secondary N) is 1. The number of hydrogen-bond donors (Lipinski definition) is 1. The number of benzene rings is 1. The summed E-state index contributed by atoms with van der Waals surface area (Å²) in [6.07, 6.45) is 4.37. The number of fused-ring (bicyclic) bond motifs is 1. The van der Waals surface area contributed by atoms with Crippen LogP contribution in [0, 0.1) is 5.92 Å². The van der Waals surface area contributed by atoms with Crippen molar-refractivity contribution >= 4 is 5.91 Å². The van der Waals surface area contributed by atoms with Crippen molar-refractivity contribution in [3.8, 4) is 11.5 Å². The first-order chi connectivity index (χ1) is 13.2. The molecule has 0 radical (unpaired) electrons. The van der Waals surface area contributed by atoms with E-state index in [2.05, 4.69) is 10.3 Å². The van der Waals surface area contributed by atoms with Crippen LogP contribution in [0.25, 0.3) is 0 Å². The molecule has 4 rings (SSSR count). The highest BCUT2D eigenvalue weighted by molar-refractivity contribution is 5.80. The highest BCUT2D eigenvalue weighted by atomic mass is 16.5. The van der Waals surface area contributed by atoms with Crippen LogP contribution in [0.5, 0.6) is 11.5 Å². The average molecular weight is 370 g/mol. The number of carbonyl (C=O) groups is 1. The zero-order chi connectivity index (χ0) is 18.8. The van der Waals surface area contributed by atoms with Gasteiger partial charge in [0.15, 0.2) is 0 Å². The van der Waals surface area contributed by atoms with Gasteiger partial charge in [0.1, 0.15) is 30.0 Å².